The van der Waals surface area contributed by atoms with Gasteiger partial charge in [0.15, 0.2) is 24.3 Å². The molecule has 0 amide bonds. The van der Waals surface area contributed by atoms with Crippen molar-refractivity contribution in [3.05, 3.63) is 33.1 Å². The molecule has 1 aliphatic heterocycles. The number of ether oxygens (including phenoxy) is 1. The molecule has 1 aromatic rings. The third kappa shape index (κ3) is 3.94. The van der Waals surface area contributed by atoms with Crippen molar-refractivity contribution in [3.63, 3.8) is 0 Å². The van der Waals surface area contributed by atoms with Gasteiger partial charge in [-0.15, -0.1) is 0 Å². The van der Waals surface area contributed by atoms with Gasteiger partial charge in [-0.3, -0.25) is 18.7 Å². The summed E-state index contributed by atoms with van der Waals surface area (Å²) >= 11 is 0. The second kappa shape index (κ2) is 7.53. The Labute approximate surface area is 121 Å². The molecule has 12 heteroatoms. The van der Waals surface area contributed by atoms with E-state index in [1.54, 1.807) is 0 Å². The maximum absolute atomic E-state index is 11.6. The predicted octanol–water partition coefficient (Wildman–Crippen LogP) is -1.80. The molecule has 1 saturated heterocycles. The Morgan fingerprint density at radius 2 is 2.14 bits per heavy atom. The molecule has 2 heterocycles. The summed E-state index contributed by atoms with van der Waals surface area (Å²) in [6.07, 6.45) is -3.46. The summed E-state index contributed by atoms with van der Waals surface area (Å²) in [6.45, 7) is -0.0875. The summed E-state index contributed by atoms with van der Waals surface area (Å²) < 4.78 is 16.0. The number of nitrogens with one attached hydrogen (secondary N) is 1. The zero-order valence-corrected chi connectivity index (χ0v) is 12.5. The Balaban J connectivity index is 2.05. The van der Waals surface area contributed by atoms with E-state index in [1.165, 1.54) is 6.20 Å². The number of aliphatic hydroxyl groups excluding tert-OH is 2. The van der Waals surface area contributed by atoms with Crippen molar-refractivity contribution in [3.8, 4) is 0 Å². The molecule has 1 aromatic heterocycles. The van der Waals surface area contributed by atoms with Crippen molar-refractivity contribution in [1.82, 2.24) is 9.55 Å². The first-order valence-electron chi connectivity index (χ1n) is 5.79. The van der Waals surface area contributed by atoms with Gasteiger partial charge in [-0.05, 0) is 0 Å². The fourth-order valence-corrected chi connectivity index (χ4v) is 2.51. The normalized spacial score (nSPS) is 30.0. The van der Waals surface area contributed by atoms with Crippen LogP contribution >= 0.6 is 18.1 Å². The molecule has 0 saturated carbocycles. The molecule has 0 aliphatic carbocycles. The highest BCUT2D eigenvalue weighted by Gasteiger charge is 2.44. The molecule has 4 N–H and O–H groups in total. The van der Waals surface area contributed by atoms with Crippen molar-refractivity contribution < 1.29 is 28.7 Å². The lowest BCUT2D eigenvalue weighted by molar-refractivity contribution is -0.0507. The number of hydrogen-bond acceptors (Lipinski definition) is 8. The van der Waals surface area contributed by atoms with E-state index in [1.807, 2.05) is 4.98 Å². The summed E-state index contributed by atoms with van der Waals surface area (Å²) in [6, 6.07) is 1.10. The Kier molecular flexibility index (Phi) is 5.98. The molecule has 0 bridgehead atoms. The minimum atomic E-state index is -1.36. The van der Waals surface area contributed by atoms with Crippen LogP contribution in [0.5, 0.6) is 0 Å². The van der Waals surface area contributed by atoms with E-state index in [-0.39, 0.29) is 6.61 Å². The first-order valence-corrected chi connectivity index (χ1v) is 7.46. The monoisotopic (exact) mass is 340 g/mol. The van der Waals surface area contributed by atoms with Gasteiger partial charge in [0, 0.05) is 12.3 Å². The van der Waals surface area contributed by atoms with Crippen molar-refractivity contribution in [1.29, 1.82) is 0 Å². The summed E-state index contributed by atoms with van der Waals surface area (Å²) in [5, 5.41) is 19.8. The largest absolute Gasteiger partial charge is 0.387 e. The topological polar surface area (TPSA) is 143 Å². The smallest absolute Gasteiger partial charge is 0.330 e. The quantitative estimate of drug-likeness (QED) is 0.351. The van der Waals surface area contributed by atoms with Gasteiger partial charge >= 0.3 is 5.69 Å². The van der Waals surface area contributed by atoms with Crippen LogP contribution in [-0.2, 0) is 13.6 Å². The van der Waals surface area contributed by atoms with E-state index in [2.05, 4.69) is 4.31 Å². The summed E-state index contributed by atoms with van der Waals surface area (Å²) in [5.74, 6) is 0. The summed E-state index contributed by atoms with van der Waals surface area (Å²) in [7, 11) is -1.14. The molecule has 0 radical (unpaired) electrons. The number of hydrogen-bond donors (Lipinski definition) is 4. The Morgan fingerprint density at radius 1 is 1.38 bits per heavy atom. The van der Waals surface area contributed by atoms with Crippen molar-refractivity contribution in [2.24, 2.45) is 0 Å². The maximum Gasteiger partial charge on any atom is 0.330 e. The molecule has 0 aromatic carbocycles. The van der Waals surface area contributed by atoms with E-state index < -0.39 is 53.9 Å². The lowest BCUT2D eigenvalue weighted by Gasteiger charge is -2.16. The number of aliphatic hydroxyl groups is 2. The van der Waals surface area contributed by atoms with Crippen molar-refractivity contribution >= 4 is 18.1 Å². The van der Waals surface area contributed by atoms with Crippen LogP contribution in [0.15, 0.2) is 21.9 Å². The average Bonchev–Trinajstić information content (AvgIpc) is 2.72. The zero-order valence-electron chi connectivity index (χ0n) is 10.5. The molecule has 118 valence electrons. The van der Waals surface area contributed by atoms with Gasteiger partial charge in [0.05, 0.1) is 6.61 Å². The molecular formula is C9H14N2O8P2. The molecule has 0 spiro atoms. The Hall–Kier alpha value is -0.700. The first kappa shape index (κ1) is 16.7. The number of H-pyrrole nitrogens is 1. The highest BCUT2D eigenvalue weighted by Crippen LogP contribution is 2.31. The van der Waals surface area contributed by atoms with Gasteiger partial charge in [0.1, 0.15) is 18.3 Å². The van der Waals surface area contributed by atoms with E-state index in [4.69, 9.17) is 14.2 Å². The third-order valence-electron chi connectivity index (χ3n) is 2.86. The van der Waals surface area contributed by atoms with Crippen LogP contribution in [-0.4, -0.2) is 49.6 Å². The fraction of sp³-hybridized carbons (Fsp3) is 0.556. The average molecular weight is 340 g/mol. The van der Waals surface area contributed by atoms with Gasteiger partial charge < -0.3 is 24.4 Å². The predicted molar refractivity (Wildman–Crippen MR) is 73.1 cm³/mol. The van der Waals surface area contributed by atoms with E-state index in [9.17, 15) is 19.8 Å². The van der Waals surface area contributed by atoms with Crippen LogP contribution < -0.4 is 11.2 Å². The second-order valence-corrected chi connectivity index (χ2v) is 5.61. The maximum atomic E-state index is 11.6. The van der Waals surface area contributed by atoms with Crippen molar-refractivity contribution in [2.45, 2.75) is 24.5 Å². The molecule has 1 aliphatic rings. The van der Waals surface area contributed by atoms with Crippen molar-refractivity contribution in [2.75, 3.05) is 6.61 Å². The molecule has 10 nitrogen and oxygen atoms in total. The van der Waals surface area contributed by atoms with Crippen LogP contribution in [0.25, 0.3) is 0 Å². The molecule has 2 rings (SSSR count). The van der Waals surface area contributed by atoms with E-state index in [0.29, 0.717) is 0 Å². The van der Waals surface area contributed by atoms with E-state index in [0.717, 1.165) is 10.6 Å². The standard InChI is InChI=1S/C9H14N2O8P2/c12-5-1-2-11(9(15)10-5)8-7(14)6(13)4(18-8)3-17-21-19-20-16/h1-2,4,6-8,13-14,16,20-21H,3H2,(H,10,12,15). The van der Waals surface area contributed by atoms with Gasteiger partial charge in [-0.1, -0.05) is 0 Å². The van der Waals surface area contributed by atoms with Gasteiger partial charge in [-0.2, -0.15) is 0 Å². The first-order chi connectivity index (χ1) is 10.0. The second-order valence-electron chi connectivity index (χ2n) is 4.15. The van der Waals surface area contributed by atoms with Gasteiger partial charge in [0.2, 0.25) is 0 Å². The van der Waals surface area contributed by atoms with Crippen LogP contribution in [0.2, 0.25) is 0 Å². The Bertz CT molecular complexity index is 577. The number of aromatic amines is 1. The highest BCUT2D eigenvalue weighted by molar-refractivity contribution is 7.40. The minimum absolute atomic E-state index is 0.0875. The molecule has 21 heavy (non-hydrogen) atoms. The fourth-order valence-electron chi connectivity index (χ4n) is 1.89. The highest BCUT2D eigenvalue weighted by atomic mass is 31.2. The van der Waals surface area contributed by atoms with Gasteiger partial charge in [0.25, 0.3) is 5.56 Å². The molecular weight excluding hydrogens is 326 g/mol. The SMILES string of the molecule is O=c1ccn(C2OC(COPOPO)C(O)C2O)c(=O)[nH]1. The van der Waals surface area contributed by atoms with Gasteiger partial charge in [-0.25, -0.2) is 4.79 Å². The molecule has 6 unspecified atom stereocenters. The van der Waals surface area contributed by atoms with Crippen LogP contribution in [0.3, 0.4) is 0 Å². The minimum Gasteiger partial charge on any atom is -0.387 e. The molecule has 1 fully saturated rings. The third-order valence-corrected chi connectivity index (χ3v) is 3.84. The lowest BCUT2D eigenvalue weighted by atomic mass is 10.1. The number of aromatic nitrogens is 2. The van der Waals surface area contributed by atoms with E-state index >= 15 is 0 Å². The zero-order chi connectivity index (χ0) is 15.4. The summed E-state index contributed by atoms with van der Waals surface area (Å²) in [5.41, 5.74) is -1.33. The van der Waals surface area contributed by atoms with Crippen LogP contribution in [0, 0.1) is 0 Å². The molecule has 6 atom stereocenters. The number of nitrogens with zero attached hydrogens (tertiary/aromatic N) is 1. The Morgan fingerprint density at radius 3 is 2.81 bits per heavy atom. The van der Waals surface area contributed by atoms with Crippen LogP contribution in [0.1, 0.15) is 6.23 Å². The lowest BCUT2D eigenvalue weighted by Crippen LogP contribution is -2.37. The van der Waals surface area contributed by atoms with Crippen LogP contribution in [0.4, 0.5) is 0 Å². The summed E-state index contributed by atoms with van der Waals surface area (Å²) in [4.78, 5) is 33.1. The number of rotatable bonds is 6.